The number of carbonyl (C=O) groups is 2. The molecule has 2 aliphatic rings. The Labute approximate surface area is 379 Å². The lowest BCUT2D eigenvalue weighted by Crippen LogP contribution is -2.47. The quantitative estimate of drug-likeness (QED) is 0.0464. The third-order valence-corrected chi connectivity index (χ3v) is 13.7. The van der Waals surface area contributed by atoms with Gasteiger partial charge in [0.1, 0.15) is 0 Å². The van der Waals surface area contributed by atoms with Crippen LogP contribution in [0.4, 0.5) is 0 Å². The first-order chi connectivity index (χ1) is 29.9. The maximum Gasteiger partial charge on any atom is 0.290 e. The van der Waals surface area contributed by atoms with E-state index in [1.807, 2.05) is 0 Å². The van der Waals surface area contributed by atoms with E-state index in [-0.39, 0.29) is 24.8 Å². The van der Waals surface area contributed by atoms with E-state index in [1.165, 1.54) is 244 Å². The number of hydrogen-bond donors (Lipinski definition) is 2. The van der Waals surface area contributed by atoms with Gasteiger partial charge in [0, 0.05) is 45.6 Å². The van der Waals surface area contributed by atoms with Crippen LogP contribution in [0.15, 0.2) is 0 Å². The largest absolute Gasteiger partial charge is 0.483 e. The second-order valence-corrected chi connectivity index (χ2v) is 19.2. The summed E-state index contributed by atoms with van der Waals surface area (Å²) in [5, 5.41) is 13.8. The highest BCUT2D eigenvalue weighted by Gasteiger charge is 2.41. The molecule has 364 valence electrons. The van der Waals surface area contributed by atoms with Gasteiger partial charge < -0.3 is 24.6 Å². The zero-order chi connectivity index (χ0) is 44.9. The van der Waals surface area contributed by atoms with Gasteiger partial charge in [-0.15, -0.1) is 0 Å². The Hall–Kier alpha value is -1.22. The van der Waals surface area contributed by atoms with Gasteiger partial charge in [0.2, 0.25) is 0 Å². The summed E-state index contributed by atoms with van der Waals surface area (Å²) >= 11 is 0. The van der Waals surface area contributed by atoms with Crippen LogP contribution in [-0.4, -0.2) is 91.2 Å². The second kappa shape index (κ2) is 45.4. The lowest BCUT2D eigenvalue weighted by atomic mass is 9.90. The molecule has 0 radical (unpaired) electrons. The Morgan fingerprint density at radius 1 is 0.492 bits per heavy atom. The number of unbranched alkanes of at least 4 members (excludes halogenated alkanes) is 22. The molecule has 2 heterocycles. The van der Waals surface area contributed by atoms with Crippen LogP contribution in [0.3, 0.4) is 0 Å². The third kappa shape index (κ3) is 36.8. The summed E-state index contributed by atoms with van der Waals surface area (Å²) in [6, 6.07) is 0. The number of rotatable bonds is 40. The second-order valence-electron chi connectivity index (χ2n) is 19.2. The molecule has 61 heavy (non-hydrogen) atoms. The lowest BCUT2D eigenvalue weighted by molar-refractivity contribution is -0.181. The molecule has 0 aromatic heterocycles. The van der Waals surface area contributed by atoms with Crippen molar-refractivity contribution in [3.63, 3.8) is 0 Å². The fraction of sp³-hybridized carbons (Fsp3) is 0.962. The Morgan fingerprint density at radius 2 is 0.787 bits per heavy atom. The highest BCUT2D eigenvalue weighted by Crippen LogP contribution is 2.35. The molecule has 0 aromatic rings. The van der Waals surface area contributed by atoms with E-state index < -0.39 is 0 Å². The Morgan fingerprint density at radius 3 is 1.11 bits per heavy atom. The minimum absolute atomic E-state index is 0.249. The van der Waals surface area contributed by atoms with E-state index >= 15 is 0 Å². The molecule has 8 heteroatoms. The van der Waals surface area contributed by atoms with Crippen LogP contribution >= 0.6 is 0 Å². The van der Waals surface area contributed by atoms with Crippen LogP contribution in [0.25, 0.3) is 0 Å². The van der Waals surface area contributed by atoms with E-state index in [0.29, 0.717) is 0 Å². The SMILES string of the molecule is CCCCCC(CCCCC)CCCCCCCCCCC1(CCCCCCCCCCC(CCCCC)CCCCC)OCC(CN2CCN(C)CC2)O1.O=CO.O=CO. The van der Waals surface area contributed by atoms with Gasteiger partial charge in [-0.25, -0.2) is 0 Å². The van der Waals surface area contributed by atoms with Crippen molar-refractivity contribution in [1.29, 1.82) is 0 Å². The summed E-state index contributed by atoms with van der Waals surface area (Å²) in [4.78, 5) is 21.8. The molecule has 2 N–H and O–H groups in total. The molecule has 0 spiro atoms. The molecule has 2 rings (SSSR count). The predicted molar refractivity (Wildman–Crippen MR) is 261 cm³/mol. The van der Waals surface area contributed by atoms with E-state index in [9.17, 15) is 0 Å². The average molecular weight is 867 g/mol. The average Bonchev–Trinajstić information content (AvgIpc) is 3.65. The maximum atomic E-state index is 8.36. The minimum Gasteiger partial charge on any atom is -0.483 e. The van der Waals surface area contributed by atoms with Crippen molar-refractivity contribution in [2.45, 2.75) is 271 Å². The predicted octanol–water partition coefficient (Wildman–Crippen LogP) is 15.1. The standard InChI is InChI=1S/C51H102N2O2.2CH2O2/c1-6-10-26-34-48(35-27-11-7-2)38-30-22-18-14-16-20-24-32-40-51(54-47-50(55-51)46-53-44-42-52(5)43-45-53)41-33-25-21-17-15-19-23-31-39-49(36-28-12-8-3)37-29-13-9-4;2*2-1-3/h48-50H,6-47H2,1-5H3;2*1H,(H,2,3). The molecular weight excluding hydrogens is 761 g/mol. The number of likely N-dealkylation sites (N-methyl/N-ethyl adjacent to an activating group) is 1. The fourth-order valence-electron chi connectivity index (χ4n) is 9.79. The van der Waals surface area contributed by atoms with Crippen LogP contribution < -0.4 is 0 Å². The van der Waals surface area contributed by atoms with Crippen molar-refractivity contribution >= 4 is 12.9 Å². The first kappa shape index (κ1) is 59.8. The van der Waals surface area contributed by atoms with Crippen molar-refractivity contribution in [3.8, 4) is 0 Å². The van der Waals surface area contributed by atoms with Crippen molar-refractivity contribution in [2.75, 3.05) is 46.4 Å². The Bertz CT molecular complexity index is 830. The van der Waals surface area contributed by atoms with E-state index in [1.54, 1.807) is 0 Å². The van der Waals surface area contributed by atoms with E-state index in [2.05, 4.69) is 44.5 Å². The molecule has 8 nitrogen and oxygen atoms in total. The van der Waals surface area contributed by atoms with Crippen molar-refractivity contribution < 1.29 is 29.3 Å². The Balaban J connectivity index is 0.00000564. The van der Waals surface area contributed by atoms with Crippen molar-refractivity contribution in [2.24, 2.45) is 11.8 Å². The third-order valence-electron chi connectivity index (χ3n) is 13.7. The lowest BCUT2D eigenvalue weighted by Gasteiger charge is -2.34. The number of ether oxygens (including phenoxy) is 2. The number of carboxylic acid groups (broad SMARTS) is 2. The zero-order valence-corrected chi connectivity index (χ0v) is 41.5. The Kier molecular flexibility index (Phi) is 44.4. The van der Waals surface area contributed by atoms with Crippen LogP contribution in [0.5, 0.6) is 0 Å². The highest BCUT2D eigenvalue weighted by molar-refractivity contribution is 5.33. The molecule has 2 aliphatic heterocycles. The van der Waals surface area contributed by atoms with Gasteiger partial charge in [-0.3, -0.25) is 14.5 Å². The number of piperazine rings is 1. The van der Waals surface area contributed by atoms with Crippen molar-refractivity contribution in [1.82, 2.24) is 9.80 Å². The molecule has 0 bridgehead atoms. The molecule has 1 atom stereocenters. The van der Waals surface area contributed by atoms with Crippen LogP contribution in [0, 0.1) is 11.8 Å². The topological polar surface area (TPSA) is 99.5 Å². The number of nitrogens with zero attached hydrogens (tertiary/aromatic N) is 2. The molecule has 0 aromatic carbocycles. The van der Waals surface area contributed by atoms with Crippen LogP contribution in [0.2, 0.25) is 0 Å². The first-order valence-electron chi connectivity index (χ1n) is 26.8. The molecule has 2 saturated heterocycles. The van der Waals surface area contributed by atoms with Gasteiger partial charge in [0.25, 0.3) is 12.9 Å². The first-order valence-corrected chi connectivity index (χ1v) is 26.8. The molecule has 1 unspecified atom stereocenters. The summed E-state index contributed by atoms with van der Waals surface area (Å²) in [5.74, 6) is 1.70. The summed E-state index contributed by atoms with van der Waals surface area (Å²) in [6.07, 6.45) is 50.8. The van der Waals surface area contributed by atoms with Crippen LogP contribution in [-0.2, 0) is 19.1 Å². The molecule has 2 fully saturated rings. The monoisotopic (exact) mass is 867 g/mol. The maximum absolute atomic E-state index is 8.36. The van der Waals surface area contributed by atoms with E-state index in [4.69, 9.17) is 29.3 Å². The van der Waals surface area contributed by atoms with Gasteiger partial charge in [0.05, 0.1) is 12.7 Å². The van der Waals surface area contributed by atoms with Gasteiger partial charge in [-0.2, -0.15) is 0 Å². The van der Waals surface area contributed by atoms with Crippen molar-refractivity contribution in [3.05, 3.63) is 0 Å². The molecule has 0 amide bonds. The summed E-state index contributed by atoms with van der Waals surface area (Å²) < 4.78 is 13.6. The summed E-state index contributed by atoms with van der Waals surface area (Å²) in [6.45, 7) is 15.4. The molecule has 0 saturated carbocycles. The molecule has 0 aliphatic carbocycles. The number of hydrogen-bond acceptors (Lipinski definition) is 6. The van der Waals surface area contributed by atoms with Gasteiger partial charge >= 0.3 is 0 Å². The van der Waals surface area contributed by atoms with Gasteiger partial charge in [-0.05, 0) is 31.7 Å². The summed E-state index contributed by atoms with van der Waals surface area (Å²) in [7, 11) is 2.25. The smallest absolute Gasteiger partial charge is 0.290 e. The zero-order valence-electron chi connectivity index (χ0n) is 41.5. The van der Waals surface area contributed by atoms with E-state index in [0.717, 1.165) is 37.8 Å². The van der Waals surface area contributed by atoms with Crippen LogP contribution in [0.1, 0.15) is 259 Å². The van der Waals surface area contributed by atoms with Gasteiger partial charge in [0.15, 0.2) is 5.79 Å². The van der Waals surface area contributed by atoms with Gasteiger partial charge in [-0.1, -0.05) is 233 Å². The fourth-order valence-corrected chi connectivity index (χ4v) is 9.79. The highest BCUT2D eigenvalue weighted by atomic mass is 16.7. The minimum atomic E-state index is -0.313. The normalized spacial score (nSPS) is 16.7. The molecular formula is C53H106N2O6. The summed E-state index contributed by atoms with van der Waals surface area (Å²) in [5.41, 5.74) is 0.